The number of imidazole rings is 1. The second-order valence-corrected chi connectivity index (χ2v) is 11.3. The van der Waals surface area contributed by atoms with Crippen LogP contribution in [0.1, 0.15) is 11.1 Å². The molecule has 1 atom stereocenters. The molecule has 1 N–H and O–H groups in total. The molecule has 1 aliphatic rings. The van der Waals surface area contributed by atoms with Gasteiger partial charge in [0.25, 0.3) is 0 Å². The first-order chi connectivity index (χ1) is 20.7. The van der Waals surface area contributed by atoms with E-state index in [1.807, 2.05) is 79.7 Å². The van der Waals surface area contributed by atoms with Gasteiger partial charge in [0.1, 0.15) is 36.9 Å². The van der Waals surface area contributed by atoms with E-state index in [0.29, 0.717) is 50.8 Å². The largest absolute Gasteiger partial charge is 0.492 e. The summed E-state index contributed by atoms with van der Waals surface area (Å²) in [6.07, 6.45) is 0. The summed E-state index contributed by atoms with van der Waals surface area (Å²) < 4.78 is 20.4. The van der Waals surface area contributed by atoms with Crippen molar-refractivity contribution in [1.29, 1.82) is 0 Å². The fourth-order valence-corrected chi connectivity index (χ4v) is 5.53. The number of carbonyl (C=O) groups excluding carboxylic acids is 1. The van der Waals surface area contributed by atoms with Crippen LogP contribution < -0.4 is 15.2 Å². The summed E-state index contributed by atoms with van der Waals surface area (Å²) in [5, 5.41) is 11.7. The Bertz CT molecular complexity index is 1580. The third kappa shape index (κ3) is 7.45. The number of benzene rings is 3. The number of aromatic nitrogens is 2. The lowest BCUT2D eigenvalue weighted by atomic mass is 10.0. The van der Waals surface area contributed by atoms with E-state index in [1.54, 1.807) is 21.1 Å². The molecule has 1 aliphatic heterocycles. The number of carbonyl (C=O) groups is 1. The Labute approximate surface area is 251 Å². The van der Waals surface area contributed by atoms with Crippen LogP contribution in [0.2, 0.25) is 0 Å². The number of para-hydroxylation sites is 2. The summed E-state index contributed by atoms with van der Waals surface area (Å²) in [4.78, 5) is 29.2. The maximum Gasteiger partial charge on any atom is 0.328 e. The van der Waals surface area contributed by atoms with E-state index in [2.05, 4.69) is 4.90 Å². The Hall–Kier alpha value is -4.12. The van der Waals surface area contributed by atoms with Crippen molar-refractivity contribution in [1.82, 2.24) is 18.9 Å². The van der Waals surface area contributed by atoms with Crippen LogP contribution in [0.15, 0.2) is 77.6 Å². The minimum absolute atomic E-state index is 0.0362. The number of amides is 1. The minimum Gasteiger partial charge on any atom is -0.492 e. The molecule has 3 aromatic carbocycles. The highest BCUT2D eigenvalue weighted by Crippen LogP contribution is 2.21. The fraction of sp³-hybridized carbons (Fsp3) is 0.394. The summed E-state index contributed by atoms with van der Waals surface area (Å²) in [7, 11) is 3.27. The van der Waals surface area contributed by atoms with Crippen molar-refractivity contribution in [2.24, 2.45) is 7.05 Å². The lowest BCUT2D eigenvalue weighted by Crippen LogP contribution is -2.52. The summed E-state index contributed by atoms with van der Waals surface area (Å²) in [5.41, 5.74) is 2.62. The summed E-state index contributed by atoms with van der Waals surface area (Å²) in [5.74, 6) is 1.23. The predicted molar refractivity (Wildman–Crippen MR) is 164 cm³/mol. The third-order valence-corrected chi connectivity index (χ3v) is 7.80. The van der Waals surface area contributed by atoms with Gasteiger partial charge in [0.2, 0.25) is 5.91 Å². The van der Waals surface area contributed by atoms with Crippen molar-refractivity contribution >= 4 is 16.9 Å². The number of β-amino-alcohol motifs (C(OH)–C–C–N with tert-alkyl or cyclic N) is 1. The van der Waals surface area contributed by atoms with E-state index in [-0.39, 0.29) is 31.4 Å². The van der Waals surface area contributed by atoms with Gasteiger partial charge in [-0.2, -0.15) is 0 Å². The molecule has 0 saturated carbocycles. The molecular formula is C33H40N4O6. The number of aryl methyl sites for hydroxylation is 2. The summed E-state index contributed by atoms with van der Waals surface area (Å²) in [6, 6.07) is 23.2. The number of aliphatic hydroxyl groups is 1. The molecule has 1 unspecified atom stereocenters. The number of hydrogen-bond acceptors (Lipinski definition) is 7. The molecule has 1 amide bonds. The highest BCUT2D eigenvalue weighted by atomic mass is 16.5. The standard InChI is InChI=1S/C33H40N4O6/c1-25-8-12-28(13-9-25)43-24-33(40)22-35(16-17-36(23-33)31(38)21-41-3)20-26-10-14-27(15-11-26)42-19-18-37-30-7-5-4-6-29(30)34(2)32(37)39/h4-15,40H,16-24H2,1-3H3. The quantitative estimate of drug-likeness (QED) is 0.288. The maximum atomic E-state index is 12.7. The van der Waals surface area contributed by atoms with Crippen molar-refractivity contribution in [2.75, 3.05) is 53.1 Å². The van der Waals surface area contributed by atoms with Gasteiger partial charge in [-0.05, 0) is 48.9 Å². The Morgan fingerprint density at radius 2 is 1.58 bits per heavy atom. The highest BCUT2D eigenvalue weighted by molar-refractivity contribution is 5.77. The molecule has 0 radical (unpaired) electrons. The monoisotopic (exact) mass is 588 g/mol. The van der Waals surface area contributed by atoms with Gasteiger partial charge in [0.15, 0.2) is 0 Å². The van der Waals surface area contributed by atoms with Crippen molar-refractivity contribution in [3.8, 4) is 11.5 Å². The zero-order valence-corrected chi connectivity index (χ0v) is 25.1. The number of fused-ring (bicyclic) bond motifs is 1. The normalized spacial score (nSPS) is 17.6. The third-order valence-electron chi connectivity index (χ3n) is 7.80. The lowest BCUT2D eigenvalue weighted by molar-refractivity contribution is -0.138. The van der Waals surface area contributed by atoms with E-state index in [0.717, 1.165) is 22.2 Å². The van der Waals surface area contributed by atoms with Crippen LogP contribution in [0, 0.1) is 6.92 Å². The lowest BCUT2D eigenvalue weighted by Gasteiger charge is -2.33. The van der Waals surface area contributed by atoms with Crippen LogP contribution in [-0.2, 0) is 29.7 Å². The van der Waals surface area contributed by atoms with Gasteiger partial charge in [-0.25, -0.2) is 4.79 Å². The van der Waals surface area contributed by atoms with Crippen molar-refractivity contribution < 1.29 is 24.1 Å². The zero-order valence-electron chi connectivity index (χ0n) is 25.1. The van der Waals surface area contributed by atoms with Crippen LogP contribution in [-0.4, -0.2) is 88.7 Å². The van der Waals surface area contributed by atoms with E-state index < -0.39 is 5.60 Å². The van der Waals surface area contributed by atoms with E-state index >= 15 is 0 Å². The van der Waals surface area contributed by atoms with Crippen LogP contribution in [0.3, 0.4) is 0 Å². The maximum absolute atomic E-state index is 12.7. The molecule has 0 bridgehead atoms. The van der Waals surface area contributed by atoms with Gasteiger partial charge in [-0.1, -0.05) is 42.0 Å². The van der Waals surface area contributed by atoms with E-state index in [9.17, 15) is 14.7 Å². The Kier molecular flexibility index (Phi) is 9.49. The second kappa shape index (κ2) is 13.5. The van der Waals surface area contributed by atoms with Crippen molar-refractivity contribution in [3.05, 3.63) is 94.4 Å². The highest BCUT2D eigenvalue weighted by Gasteiger charge is 2.37. The molecule has 4 aromatic rings. The fourth-order valence-electron chi connectivity index (χ4n) is 5.53. The molecule has 10 nitrogen and oxygen atoms in total. The smallest absolute Gasteiger partial charge is 0.328 e. The molecule has 10 heteroatoms. The SMILES string of the molecule is COCC(=O)N1CCN(Cc2ccc(OCCn3c(=O)n(C)c4ccccc43)cc2)CC(O)(COc2ccc(C)cc2)C1. The average molecular weight is 589 g/mol. The Morgan fingerprint density at radius 3 is 2.30 bits per heavy atom. The molecule has 0 aliphatic carbocycles. The van der Waals surface area contributed by atoms with E-state index in [4.69, 9.17) is 14.2 Å². The number of hydrogen-bond donors (Lipinski definition) is 1. The Balaban J connectivity index is 1.21. The number of methoxy groups -OCH3 is 1. The number of nitrogens with zero attached hydrogens (tertiary/aromatic N) is 4. The van der Waals surface area contributed by atoms with Crippen LogP contribution >= 0.6 is 0 Å². The first-order valence-corrected chi connectivity index (χ1v) is 14.5. The van der Waals surface area contributed by atoms with Gasteiger partial charge in [-0.15, -0.1) is 0 Å². The summed E-state index contributed by atoms with van der Waals surface area (Å²) in [6.45, 7) is 4.98. The van der Waals surface area contributed by atoms with Gasteiger partial charge < -0.3 is 24.2 Å². The first-order valence-electron chi connectivity index (χ1n) is 14.5. The molecule has 228 valence electrons. The molecular weight excluding hydrogens is 548 g/mol. The van der Waals surface area contributed by atoms with Gasteiger partial charge in [0.05, 0.1) is 24.1 Å². The van der Waals surface area contributed by atoms with Gasteiger partial charge >= 0.3 is 5.69 Å². The van der Waals surface area contributed by atoms with Gasteiger partial charge in [0, 0.05) is 40.3 Å². The van der Waals surface area contributed by atoms with Crippen molar-refractivity contribution in [2.45, 2.75) is 25.6 Å². The first kappa shape index (κ1) is 30.3. The zero-order chi connectivity index (χ0) is 30.4. The molecule has 43 heavy (non-hydrogen) atoms. The molecule has 1 saturated heterocycles. The predicted octanol–water partition coefficient (Wildman–Crippen LogP) is 2.83. The average Bonchev–Trinajstić information content (AvgIpc) is 3.13. The Morgan fingerprint density at radius 1 is 0.907 bits per heavy atom. The van der Waals surface area contributed by atoms with Crippen LogP contribution in [0.4, 0.5) is 0 Å². The van der Waals surface area contributed by atoms with Crippen molar-refractivity contribution in [3.63, 3.8) is 0 Å². The summed E-state index contributed by atoms with van der Waals surface area (Å²) >= 11 is 0. The van der Waals surface area contributed by atoms with Gasteiger partial charge in [-0.3, -0.25) is 18.8 Å². The van der Waals surface area contributed by atoms with Crippen LogP contribution in [0.25, 0.3) is 11.0 Å². The molecule has 2 heterocycles. The van der Waals surface area contributed by atoms with E-state index in [1.165, 1.54) is 7.11 Å². The second-order valence-electron chi connectivity index (χ2n) is 11.3. The molecule has 0 spiro atoms. The number of rotatable bonds is 11. The molecule has 1 fully saturated rings. The number of ether oxygens (including phenoxy) is 3. The molecule has 1 aromatic heterocycles. The van der Waals surface area contributed by atoms with Crippen LogP contribution in [0.5, 0.6) is 11.5 Å². The topological polar surface area (TPSA) is 98.4 Å². The minimum atomic E-state index is -1.27. The molecule has 5 rings (SSSR count).